The first-order chi connectivity index (χ1) is 8.69. The molecule has 0 heterocycles. The zero-order chi connectivity index (χ0) is 13.0. The summed E-state index contributed by atoms with van der Waals surface area (Å²) in [4.78, 5) is 0. The fourth-order valence-corrected chi connectivity index (χ4v) is 2.42. The van der Waals surface area contributed by atoms with Crippen LogP contribution < -0.4 is 11.1 Å². The van der Waals surface area contributed by atoms with Gasteiger partial charge in [0.2, 0.25) is 0 Å². The monoisotopic (exact) mass is 368 g/mol. The highest BCUT2D eigenvalue weighted by atomic mass is 79.9. The minimum Gasteiger partial charge on any atom is -0.377 e. The molecule has 0 aliphatic carbocycles. The standard InChI is InChI=1S/C14H14Br2N2/c15-11-6-4-10(5-7-11)14(9-17)18-13-3-1-2-12(16)8-13/h1-8,14,18H,9,17H2. The number of benzene rings is 2. The van der Waals surface area contributed by atoms with Crippen molar-refractivity contribution in [3.05, 3.63) is 63.0 Å². The fraction of sp³-hybridized carbons (Fsp3) is 0.143. The molecule has 0 saturated carbocycles. The van der Waals surface area contributed by atoms with E-state index in [1.54, 1.807) is 0 Å². The molecule has 4 heteroatoms. The lowest BCUT2D eigenvalue weighted by molar-refractivity contribution is 0.790. The molecule has 18 heavy (non-hydrogen) atoms. The van der Waals surface area contributed by atoms with Gasteiger partial charge in [-0.1, -0.05) is 50.1 Å². The molecule has 1 atom stereocenters. The van der Waals surface area contributed by atoms with Crippen molar-refractivity contribution in [2.24, 2.45) is 5.73 Å². The molecule has 0 fully saturated rings. The van der Waals surface area contributed by atoms with Gasteiger partial charge < -0.3 is 11.1 Å². The lowest BCUT2D eigenvalue weighted by Crippen LogP contribution is -2.20. The topological polar surface area (TPSA) is 38.0 Å². The number of halogens is 2. The van der Waals surface area contributed by atoms with E-state index in [0.717, 1.165) is 14.6 Å². The Morgan fingerprint density at radius 2 is 1.72 bits per heavy atom. The molecule has 1 unspecified atom stereocenters. The van der Waals surface area contributed by atoms with Crippen LogP contribution in [0.15, 0.2) is 57.5 Å². The van der Waals surface area contributed by atoms with Gasteiger partial charge in [-0.15, -0.1) is 0 Å². The van der Waals surface area contributed by atoms with Crippen LogP contribution >= 0.6 is 31.9 Å². The summed E-state index contributed by atoms with van der Waals surface area (Å²) in [5, 5.41) is 3.43. The van der Waals surface area contributed by atoms with E-state index in [1.807, 2.05) is 36.4 Å². The first-order valence-electron chi connectivity index (χ1n) is 5.66. The van der Waals surface area contributed by atoms with Crippen molar-refractivity contribution in [1.29, 1.82) is 0 Å². The first kappa shape index (κ1) is 13.6. The third kappa shape index (κ3) is 3.57. The first-order valence-corrected chi connectivity index (χ1v) is 7.25. The molecule has 2 aromatic carbocycles. The Morgan fingerprint density at radius 1 is 1.00 bits per heavy atom. The number of anilines is 1. The second-order valence-electron chi connectivity index (χ2n) is 3.99. The van der Waals surface area contributed by atoms with E-state index in [1.165, 1.54) is 5.56 Å². The Hall–Kier alpha value is -0.840. The van der Waals surface area contributed by atoms with E-state index in [9.17, 15) is 0 Å². The molecule has 0 amide bonds. The summed E-state index contributed by atoms with van der Waals surface area (Å²) < 4.78 is 2.13. The van der Waals surface area contributed by atoms with E-state index < -0.39 is 0 Å². The molecule has 0 saturated heterocycles. The fourth-order valence-electron chi connectivity index (χ4n) is 1.75. The van der Waals surface area contributed by atoms with Crippen LogP contribution in [0.25, 0.3) is 0 Å². The van der Waals surface area contributed by atoms with Gasteiger partial charge in [0.05, 0.1) is 6.04 Å². The smallest absolute Gasteiger partial charge is 0.0636 e. The number of nitrogens with two attached hydrogens (primary N) is 1. The Labute approximate surface area is 124 Å². The van der Waals surface area contributed by atoms with E-state index in [0.29, 0.717) is 6.54 Å². The maximum Gasteiger partial charge on any atom is 0.0636 e. The van der Waals surface area contributed by atoms with Crippen LogP contribution in [0.4, 0.5) is 5.69 Å². The van der Waals surface area contributed by atoms with Gasteiger partial charge in [0.25, 0.3) is 0 Å². The Kier molecular flexibility index (Phi) is 4.80. The van der Waals surface area contributed by atoms with E-state index in [-0.39, 0.29) is 6.04 Å². The molecule has 0 aromatic heterocycles. The molecule has 0 spiro atoms. The minimum atomic E-state index is 0.118. The lowest BCUT2D eigenvalue weighted by Gasteiger charge is -2.19. The highest BCUT2D eigenvalue weighted by Gasteiger charge is 2.09. The molecule has 94 valence electrons. The van der Waals surface area contributed by atoms with Crippen molar-refractivity contribution in [3.8, 4) is 0 Å². The lowest BCUT2D eigenvalue weighted by atomic mass is 10.1. The number of hydrogen-bond donors (Lipinski definition) is 2. The largest absolute Gasteiger partial charge is 0.377 e. The Morgan fingerprint density at radius 3 is 2.33 bits per heavy atom. The SMILES string of the molecule is NCC(Nc1cccc(Br)c1)c1ccc(Br)cc1. The van der Waals surface area contributed by atoms with Crippen LogP contribution in [0.2, 0.25) is 0 Å². The molecule has 2 nitrogen and oxygen atoms in total. The molecular weight excluding hydrogens is 356 g/mol. The second kappa shape index (κ2) is 6.36. The van der Waals surface area contributed by atoms with Crippen molar-refractivity contribution < 1.29 is 0 Å². The van der Waals surface area contributed by atoms with Crippen molar-refractivity contribution >= 4 is 37.5 Å². The summed E-state index contributed by atoms with van der Waals surface area (Å²) in [5.41, 5.74) is 8.08. The van der Waals surface area contributed by atoms with Gasteiger partial charge in [-0.25, -0.2) is 0 Å². The van der Waals surface area contributed by atoms with Gasteiger partial charge in [0.15, 0.2) is 0 Å². The van der Waals surface area contributed by atoms with E-state index in [4.69, 9.17) is 5.73 Å². The average Bonchev–Trinajstić information content (AvgIpc) is 2.37. The quantitative estimate of drug-likeness (QED) is 0.841. The highest BCUT2D eigenvalue weighted by molar-refractivity contribution is 9.10. The van der Waals surface area contributed by atoms with Crippen molar-refractivity contribution in [1.82, 2.24) is 0 Å². The van der Waals surface area contributed by atoms with Crippen LogP contribution in [0.3, 0.4) is 0 Å². The molecule has 0 aliphatic rings. The van der Waals surface area contributed by atoms with Crippen LogP contribution in [-0.2, 0) is 0 Å². The van der Waals surface area contributed by atoms with E-state index in [2.05, 4.69) is 49.3 Å². The van der Waals surface area contributed by atoms with Gasteiger partial charge in [0, 0.05) is 21.2 Å². The maximum absolute atomic E-state index is 5.84. The van der Waals surface area contributed by atoms with Gasteiger partial charge >= 0.3 is 0 Å². The predicted molar refractivity (Wildman–Crippen MR) is 83.7 cm³/mol. The summed E-state index contributed by atoms with van der Waals surface area (Å²) in [7, 11) is 0. The van der Waals surface area contributed by atoms with Crippen LogP contribution in [-0.4, -0.2) is 6.54 Å². The van der Waals surface area contributed by atoms with Gasteiger partial charge in [-0.2, -0.15) is 0 Å². The molecule has 0 bridgehead atoms. The van der Waals surface area contributed by atoms with Gasteiger partial charge in [-0.05, 0) is 35.9 Å². The Balaban J connectivity index is 2.17. The molecule has 2 aromatic rings. The summed E-state index contributed by atoms with van der Waals surface area (Å²) in [5.74, 6) is 0. The average molecular weight is 370 g/mol. The maximum atomic E-state index is 5.84. The zero-order valence-corrected chi connectivity index (χ0v) is 12.9. The molecule has 3 N–H and O–H groups in total. The normalized spacial score (nSPS) is 12.2. The molecule has 0 radical (unpaired) electrons. The van der Waals surface area contributed by atoms with Gasteiger partial charge in [0.1, 0.15) is 0 Å². The van der Waals surface area contributed by atoms with Gasteiger partial charge in [-0.3, -0.25) is 0 Å². The minimum absolute atomic E-state index is 0.118. The summed E-state index contributed by atoms with van der Waals surface area (Å²) in [6, 6.07) is 16.4. The third-order valence-electron chi connectivity index (χ3n) is 2.67. The summed E-state index contributed by atoms with van der Waals surface area (Å²) in [6.45, 7) is 0.550. The van der Waals surface area contributed by atoms with Crippen LogP contribution in [0.1, 0.15) is 11.6 Å². The number of nitrogens with one attached hydrogen (secondary N) is 1. The van der Waals surface area contributed by atoms with Crippen LogP contribution in [0, 0.1) is 0 Å². The summed E-state index contributed by atoms with van der Waals surface area (Å²) in [6.07, 6.45) is 0. The van der Waals surface area contributed by atoms with Crippen molar-refractivity contribution in [2.75, 3.05) is 11.9 Å². The molecular formula is C14H14Br2N2. The Bertz CT molecular complexity index is 511. The number of rotatable bonds is 4. The van der Waals surface area contributed by atoms with Crippen LogP contribution in [0.5, 0.6) is 0 Å². The highest BCUT2D eigenvalue weighted by Crippen LogP contribution is 2.22. The second-order valence-corrected chi connectivity index (χ2v) is 5.83. The third-order valence-corrected chi connectivity index (χ3v) is 3.70. The zero-order valence-electron chi connectivity index (χ0n) is 9.74. The van der Waals surface area contributed by atoms with Crippen molar-refractivity contribution in [2.45, 2.75) is 6.04 Å². The summed E-state index contributed by atoms with van der Waals surface area (Å²) >= 11 is 6.90. The molecule has 2 rings (SSSR count). The van der Waals surface area contributed by atoms with Crippen molar-refractivity contribution in [3.63, 3.8) is 0 Å². The van der Waals surface area contributed by atoms with E-state index >= 15 is 0 Å². The predicted octanol–water partition coefficient (Wildman–Crippen LogP) is 4.32. The molecule has 0 aliphatic heterocycles. The number of hydrogen-bond acceptors (Lipinski definition) is 2.